The van der Waals surface area contributed by atoms with E-state index in [9.17, 15) is 9.59 Å². The van der Waals surface area contributed by atoms with Gasteiger partial charge in [0.1, 0.15) is 0 Å². The zero-order chi connectivity index (χ0) is 15.2. The SMILES string of the molecule is CO[Si](C)(CCCNC(=O)C1CCCC1C(=O)O)OC. The Bertz CT molecular complexity index is 346. The van der Waals surface area contributed by atoms with Gasteiger partial charge in [-0.3, -0.25) is 9.59 Å². The summed E-state index contributed by atoms with van der Waals surface area (Å²) in [5.41, 5.74) is 0. The summed E-state index contributed by atoms with van der Waals surface area (Å²) in [5, 5.41) is 11.9. The van der Waals surface area contributed by atoms with Crippen LogP contribution in [-0.4, -0.2) is 46.3 Å². The molecular formula is C13H25NO5Si. The van der Waals surface area contributed by atoms with E-state index in [1.807, 2.05) is 6.55 Å². The summed E-state index contributed by atoms with van der Waals surface area (Å²) in [7, 11) is 1.21. The van der Waals surface area contributed by atoms with Gasteiger partial charge in [0.25, 0.3) is 0 Å². The van der Waals surface area contributed by atoms with Crippen molar-refractivity contribution in [2.45, 2.75) is 38.3 Å². The molecule has 2 atom stereocenters. The number of hydrogen-bond donors (Lipinski definition) is 2. The maximum atomic E-state index is 12.0. The van der Waals surface area contributed by atoms with Gasteiger partial charge in [-0.25, -0.2) is 0 Å². The molecule has 1 rings (SSSR count). The van der Waals surface area contributed by atoms with Crippen LogP contribution < -0.4 is 5.32 Å². The van der Waals surface area contributed by atoms with E-state index in [0.717, 1.165) is 18.9 Å². The maximum absolute atomic E-state index is 12.0. The number of carbonyl (C=O) groups excluding carboxylic acids is 1. The third kappa shape index (κ3) is 4.57. The first-order valence-corrected chi connectivity index (χ1v) is 9.56. The lowest BCUT2D eigenvalue weighted by Crippen LogP contribution is -2.39. The van der Waals surface area contributed by atoms with Gasteiger partial charge in [-0.05, 0) is 31.9 Å². The molecule has 0 saturated heterocycles. The number of amides is 1. The quantitative estimate of drug-likeness (QED) is 0.522. The molecule has 0 aromatic rings. The highest BCUT2D eigenvalue weighted by Crippen LogP contribution is 2.32. The fourth-order valence-electron chi connectivity index (χ4n) is 2.61. The highest BCUT2D eigenvalue weighted by atomic mass is 28.4. The van der Waals surface area contributed by atoms with E-state index in [0.29, 0.717) is 19.4 Å². The Balaban J connectivity index is 2.32. The van der Waals surface area contributed by atoms with Crippen molar-refractivity contribution in [2.75, 3.05) is 20.8 Å². The maximum Gasteiger partial charge on any atom is 0.334 e. The van der Waals surface area contributed by atoms with Crippen LogP contribution in [0.3, 0.4) is 0 Å². The molecule has 0 aromatic heterocycles. The number of aliphatic carboxylic acids is 1. The molecule has 116 valence electrons. The summed E-state index contributed by atoms with van der Waals surface area (Å²) >= 11 is 0. The van der Waals surface area contributed by atoms with E-state index in [4.69, 9.17) is 14.0 Å². The molecule has 20 heavy (non-hydrogen) atoms. The van der Waals surface area contributed by atoms with Crippen molar-refractivity contribution >= 4 is 20.4 Å². The molecule has 6 nitrogen and oxygen atoms in total. The van der Waals surface area contributed by atoms with Gasteiger partial charge in [-0.15, -0.1) is 0 Å². The fourth-order valence-corrected chi connectivity index (χ4v) is 4.00. The van der Waals surface area contributed by atoms with Crippen molar-refractivity contribution in [1.29, 1.82) is 0 Å². The average Bonchev–Trinajstić information content (AvgIpc) is 2.92. The number of carboxylic acid groups (broad SMARTS) is 1. The topological polar surface area (TPSA) is 84.9 Å². The highest BCUT2D eigenvalue weighted by molar-refractivity contribution is 6.65. The normalized spacial score (nSPS) is 22.8. The van der Waals surface area contributed by atoms with Crippen molar-refractivity contribution in [2.24, 2.45) is 11.8 Å². The van der Waals surface area contributed by atoms with E-state index >= 15 is 0 Å². The Morgan fingerprint density at radius 3 is 2.40 bits per heavy atom. The van der Waals surface area contributed by atoms with E-state index < -0.39 is 20.4 Å². The summed E-state index contributed by atoms with van der Waals surface area (Å²) in [5.74, 6) is -1.89. The molecule has 7 heteroatoms. The molecule has 0 heterocycles. The zero-order valence-electron chi connectivity index (χ0n) is 12.5. The summed E-state index contributed by atoms with van der Waals surface area (Å²) in [6, 6.07) is 0.799. The van der Waals surface area contributed by atoms with E-state index in [-0.39, 0.29) is 11.8 Å². The molecule has 2 unspecified atom stereocenters. The molecule has 0 spiro atoms. The molecule has 0 aromatic carbocycles. The number of carboxylic acids is 1. The highest BCUT2D eigenvalue weighted by Gasteiger charge is 2.37. The van der Waals surface area contributed by atoms with E-state index in [1.54, 1.807) is 14.2 Å². The second-order valence-electron chi connectivity index (χ2n) is 5.42. The van der Waals surface area contributed by atoms with E-state index in [1.165, 1.54) is 0 Å². The van der Waals surface area contributed by atoms with Gasteiger partial charge < -0.3 is 19.3 Å². The minimum Gasteiger partial charge on any atom is -0.481 e. The van der Waals surface area contributed by atoms with Crippen LogP contribution in [0.15, 0.2) is 0 Å². The molecule has 0 bridgehead atoms. The van der Waals surface area contributed by atoms with Crippen LogP contribution in [0.5, 0.6) is 0 Å². The molecule has 0 aliphatic heterocycles. The first-order valence-electron chi connectivity index (χ1n) is 7.04. The minimum atomic E-state index is -2.08. The lowest BCUT2D eigenvalue weighted by atomic mass is 9.95. The Kier molecular flexibility index (Phi) is 6.64. The first kappa shape index (κ1) is 17.1. The lowest BCUT2D eigenvalue weighted by molar-refractivity contribution is -0.146. The summed E-state index contributed by atoms with van der Waals surface area (Å²) in [6.07, 6.45) is 2.87. The van der Waals surface area contributed by atoms with Crippen LogP contribution in [0.4, 0.5) is 0 Å². The number of hydrogen-bond acceptors (Lipinski definition) is 4. The van der Waals surface area contributed by atoms with Gasteiger partial charge >= 0.3 is 14.5 Å². The molecule has 1 aliphatic carbocycles. The van der Waals surface area contributed by atoms with Gasteiger partial charge in [0.05, 0.1) is 11.8 Å². The van der Waals surface area contributed by atoms with Gasteiger partial charge in [0.2, 0.25) is 5.91 Å². The van der Waals surface area contributed by atoms with Crippen LogP contribution in [0.1, 0.15) is 25.7 Å². The van der Waals surface area contributed by atoms with Crippen molar-refractivity contribution in [3.05, 3.63) is 0 Å². The zero-order valence-corrected chi connectivity index (χ0v) is 13.5. The number of rotatable bonds is 8. The minimum absolute atomic E-state index is 0.131. The second kappa shape index (κ2) is 7.75. The molecular weight excluding hydrogens is 278 g/mol. The predicted molar refractivity (Wildman–Crippen MR) is 76.5 cm³/mol. The van der Waals surface area contributed by atoms with Crippen LogP contribution in [-0.2, 0) is 18.4 Å². The Morgan fingerprint density at radius 2 is 1.85 bits per heavy atom. The number of carbonyl (C=O) groups is 2. The molecule has 1 amide bonds. The smallest absolute Gasteiger partial charge is 0.334 e. The molecule has 1 fully saturated rings. The monoisotopic (exact) mass is 303 g/mol. The van der Waals surface area contributed by atoms with Gasteiger partial charge in [-0.2, -0.15) is 0 Å². The first-order chi connectivity index (χ1) is 9.43. The van der Waals surface area contributed by atoms with Crippen molar-refractivity contribution < 1.29 is 23.5 Å². The number of nitrogens with one attached hydrogen (secondary N) is 1. The summed E-state index contributed by atoms with van der Waals surface area (Å²) in [6.45, 7) is 2.52. The third-order valence-electron chi connectivity index (χ3n) is 4.14. The van der Waals surface area contributed by atoms with Gasteiger partial charge in [0.15, 0.2) is 0 Å². The van der Waals surface area contributed by atoms with Crippen molar-refractivity contribution in [3.63, 3.8) is 0 Å². The standard InChI is InChI=1S/C13H25NO5Si/c1-18-20(3,19-2)9-5-8-14-12(15)10-6-4-7-11(10)13(16)17/h10-11H,4-9H2,1-3H3,(H,14,15)(H,16,17). The van der Waals surface area contributed by atoms with Gasteiger partial charge in [0, 0.05) is 20.8 Å². The Morgan fingerprint density at radius 1 is 1.25 bits per heavy atom. The average molecular weight is 303 g/mol. The van der Waals surface area contributed by atoms with E-state index in [2.05, 4.69) is 5.32 Å². The van der Waals surface area contributed by atoms with Crippen LogP contribution in [0, 0.1) is 11.8 Å². The third-order valence-corrected chi connectivity index (χ3v) is 7.13. The second-order valence-corrected chi connectivity index (χ2v) is 9.00. The molecule has 0 radical (unpaired) electrons. The fraction of sp³-hybridized carbons (Fsp3) is 0.846. The van der Waals surface area contributed by atoms with Crippen molar-refractivity contribution in [1.82, 2.24) is 5.32 Å². The molecule has 2 N–H and O–H groups in total. The molecule has 1 aliphatic rings. The Hall–Kier alpha value is -0.923. The largest absolute Gasteiger partial charge is 0.481 e. The van der Waals surface area contributed by atoms with Crippen LogP contribution in [0.2, 0.25) is 12.6 Å². The summed E-state index contributed by atoms with van der Waals surface area (Å²) < 4.78 is 10.7. The summed E-state index contributed by atoms with van der Waals surface area (Å²) in [4.78, 5) is 23.0. The molecule has 1 saturated carbocycles. The van der Waals surface area contributed by atoms with Crippen LogP contribution in [0.25, 0.3) is 0 Å². The van der Waals surface area contributed by atoms with Crippen molar-refractivity contribution in [3.8, 4) is 0 Å². The predicted octanol–water partition coefficient (Wildman–Crippen LogP) is 1.36. The Labute approximate surface area is 121 Å². The van der Waals surface area contributed by atoms with Gasteiger partial charge in [-0.1, -0.05) is 6.42 Å². The lowest BCUT2D eigenvalue weighted by Gasteiger charge is -2.22. The van der Waals surface area contributed by atoms with Crippen LogP contribution >= 0.6 is 0 Å².